The summed E-state index contributed by atoms with van der Waals surface area (Å²) in [5.41, 5.74) is 6.43. The summed E-state index contributed by atoms with van der Waals surface area (Å²) in [7, 11) is -2.12. The minimum absolute atomic E-state index is 0.271. The zero-order chi connectivity index (χ0) is 30.6. The van der Waals surface area contributed by atoms with Gasteiger partial charge in [0.1, 0.15) is 23.4 Å². The van der Waals surface area contributed by atoms with Crippen LogP contribution in [0.5, 0.6) is 0 Å². The molecule has 232 valence electrons. The highest BCUT2D eigenvalue weighted by Crippen LogP contribution is 2.48. The van der Waals surface area contributed by atoms with Crippen molar-refractivity contribution in [1.82, 2.24) is 24.3 Å². The molecule has 41 heavy (non-hydrogen) atoms. The molecule has 0 saturated carbocycles. The van der Waals surface area contributed by atoms with E-state index < -0.39 is 37.1 Å². The minimum Gasteiger partial charge on any atom is -0.465 e. The maximum atomic E-state index is 14.5. The Morgan fingerprint density at radius 2 is 1.73 bits per heavy atom. The predicted octanol–water partition coefficient (Wildman–Crippen LogP) is 4.72. The summed E-state index contributed by atoms with van der Waals surface area (Å²) >= 11 is 0. The lowest BCUT2D eigenvalue weighted by Crippen LogP contribution is -2.50. The van der Waals surface area contributed by atoms with Gasteiger partial charge in [0.25, 0.3) is 0 Å². The van der Waals surface area contributed by atoms with Crippen molar-refractivity contribution in [1.29, 1.82) is 0 Å². The molecule has 12 nitrogen and oxygen atoms in total. The molecule has 2 rings (SSSR count). The molecule has 3 atom stereocenters. The number of nitrogens with zero attached hydrogens (tertiary/aromatic N) is 4. The summed E-state index contributed by atoms with van der Waals surface area (Å²) in [6.45, 7) is 11.8. The summed E-state index contributed by atoms with van der Waals surface area (Å²) in [6.07, 6.45) is 7.96. The first-order valence-electron chi connectivity index (χ1n) is 14.5. The number of likely N-dealkylation sites (N-methyl/N-ethyl adjacent to an activating group) is 1. The van der Waals surface area contributed by atoms with E-state index >= 15 is 0 Å². The van der Waals surface area contributed by atoms with Gasteiger partial charge in [0.05, 0.1) is 37.9 Å². The van der Waals surface area contributed by atoms with Crippen LogP contribution in [0.15, 0.2) is 18.6 Å². The highest BCUT2D eigenvalue weighted by Gasteiger charge is 2.43. The average Bonchev–Trinajstić information content (AvgIpc) is 3.34. The van der Waals surface area contributed by atoms with E-state index in [1.54, 1.807) is 46.4 Å². The lowest BCUT2D eigenvalue weighted by atomic mass is 10.1. The van der Waals surface area contributed by atoms with Gasteiger partial charge >= 0.3 is 11.9 Å². The van der Waals surface area contributed by atoms with Crippen molar-refractivity contribution in [2.45, 2.75) is 104 Å². The molecular weight excluding hydrogens is 547 g/mol. The average molecular weight is 597 g/mol. The Morgan fingerprint density at radius 3 is 2.37 bits per heavy atom. The summed E-state index contributed by atoms with van der Waals surface area (Å²) in [4.78, 5) is 34.5. The number of imidazole rings is 1. The standard InChI is InChI=1S/C28H49N6O6P/c1-8-10-12-16-38-26(35)22(4)33(7)41(37,32-28(5,6)27(36)39-17-13-11-9-2)20-40-21(3)18-34-19-31-24-23(29)14-15-30-25(24)34/h14-15,19,21-22H,8-13,16-18,20H2,1-7H3,(H2,29,30)(H,32,37)/t21-,22-,41?/m1/s1. The van der Waals surface area contributed by atoms with Crippen LogP contribution in [0, 0.1) is 0 Å². The van der Waals surface area contributed by atoms with E-state index in [2.05, 4.69) is 28.9 Å². The SMILES string of the molecule is CCCCCOC(=O)[C@@H](C)N(C)P(=O)(CO[C@H](C)Cn1cnc2c(N)ccnc21)NC(C)(C)C(=O)OCCCCC. The Balaban J connectivity index is 2.18. The third-order valence-corrected chi connectivity index (χ3v) is 9.64. The van der Waals surface area contributed by atoms with Crippen LogP contribution >= 0.6 is 7.44 Å². The zero-order valence-corrected chi connectivity index (χ0v) is 26.6. The molecule has 2 aromatic rings. The minimum atomic E-state index is -3.69. The van der Waals surface area contributed by atoms with Crippen LogP contribution in [0.3, 0.4) is 0 Å². The number of carbonyl (C=O) groups excluding carboxylic acids is 2. The van der Waals surface area contributed by atoms with Gasteiger partial charge in [0.15, 0.2) is 5.65 Å². The lowest BCUT2D eigenvalue weighted by Gasteiger charge is -2.37. The molecule has 2 heterocycles. The number of unbranched alkanes of at least 4 members (excludes halogenated alkanes) is 4. The highest BCUT2D eigenvalue weighted by atomic mass is 31.2. The van der Waals surface area contributed by atoms with E-state index in [1.807, 2.05) is 11.5 Å². The molecule has 0 fully saturated rings. The largest absolute Gasteiger partial charge is 0.465 e. The van der Waals surface area contributed by atoms with Crippen LogP contribution in [-0.4, -0.2) is 75.4 Å². The van der Waals surface area contributed by atoms with Gasteiger partial charge in [-0.3, -0.25) is 14.2 Å². The second-order valence-electron chi connectivity index (χ2n) is 11.0. The van der Waals surface area contributed by atoms with E-state index in [9.17, 15) is 14.2 Å². The van der Waals surface area contributed by atoms with Gasteiger partial charge in [-0.1, -0.05) is 39.5 Å². The molecule has 0 aliphatic heterocycles. The number of nitrogens with one attached hydrogen (secondary N) is 1. The Hall–Kier alpha value is -2.53. The third kappa shape index (κ3) is 10.1. The van der Waals surface area contributed by atoms with Crippen molar-refractivity contribution in [3.05, 3.63) is 18.6 Å². The number of pyridine rings is 1. The number of hydrogen-bond donors (Lipinski definition) is 2. The Morgan fingerprint density at radius 1 is 1.10 bits per heavy atom. The molecule has 0 radical (unpaired) electrons. The molecule has 0 bridgehead atoms. The molecular formula is C28H49N6O6P. The number of anilines is 1. The zero-order valence-electron chi connectivity index (χ0n) is 25.7. The maximum absolute atomic E-state index is 14.5. The van der Waals surface area contributed by atoms with Crippen LogP contribution in [0.25, 0.3) is 11.2 Å². The Labute approximate surface area is 244 Å². The fourth-order valence-electron chi connectivity index (χ4n) is 4.13. The quantitative estimate of drug-likeness (QED) is 0.132. The first kappa shape index (κ1) is 34.7. The van der Waals surface area contributed by atoms with Gasteiger partial charge in [-0.15, -0.1) is 0 Å². The molecule has 1 unspecified atom stereocenters. The third-order valence-electron chi connectivity index (χ3n) is 6.87. The first-order valence-corrected chi connectivity index (χ1v) is 16.3. The summed E-state index contributed by atoms with van der Waals surface area (Å²) in [6, 6.07) is 0.833. The summed E-state index contributed by atoms with van der Waals surface area (Å²) in [5, 5.41) is 3.00. The Bertz CT molecular complexity index is 1170. The van der Waals surface area contributed by atoms with E-state index in [-0.39, 0.29) is 13.0 Å². The highest BCUT2D eigenvalue weighted by molar-refractivity contribution is 7.59. The predicted molar refractivity (Wildman–Crippen MR) is 160 cm³/mol. The number of esters is 2. The van der Waals surface area contributed by atoms with Crippen molar-refractivity contribution in [3.8, 4) is 0 Å². The van der Waals surface area contributed by atoms with E-state index in [4.69, 9.17) is 19.9 Å². The molecule has 0 saturated heterocycles. The monoisotopic (exact) mass is 596 g/mol. The molecule has 2 aromatic heterocycles. The number of ether oxygens (including phenoxy) is 3. The van der Waals surface area contributed by atoms with Gasteiger partial charge in [0, 0.05) is 6.20 Å². The number of aromatic nitrogens is 3. The van der Waals surface area contributed by atoms with Gasteiger partial charge in [-0.25, -0.2) is 19.7 Å². The number of nitrogens with two attached hydrogens (primary N) is 1. The van der Waals surface area contributed by atoms with Gasteiger partial charge in [-0.2, -0.15) is 0 Å². The van der Waals surface area contributed by atoms with E-state index in [0.717, 1.165) is 38.5 Å². The van der Waals surface area contributed by atoms with Crippen LogP contribution in [0.1, 0.15) is 80.1 Å². The van der Waals surface area contributed by atoms with Crippen LogP contribution in [0.4, 0.5) is 5.69 Å². The lowest BCUT2D eigenvalue weighted by molar-refractivity contribution is -0.149. The van der Waals surface area contributed by atoms with Crippen LogP contribution in [0.2, 0.25) is 0 Å². The molecule has 0 aromatic carbocycles. The van der Waals surface area contributed by atoms with Crippen molar-refractivity contribution >= 4 is 36.2 Å². The van der Waals surface area contributed by atoms with Gasteiger partial charge < -0.3 is 24.5 Å². The summed E-state index contributed by atoms with van der Waals surface area (Å²) in [5.74, 6) is -1.02. The fraction of sp³-hybridized carbons (Fsp3) is 0.714. The van der Waals surface area contributed by atoms with Gasteiger partial charge in [0.2, 0.25) is 7.44 Å². The van der Waals surface area contributed by atoms with Gasteiger partial charge in [-0.05, 0) is 53.7 Å². The first-order chi connectivity index (χ1) is 19.4. The molecule has 3 N–H and O–H groups in total. The van der Waals surface area contributed by atoms with Crippen molar-refractivity contribution in [2.75, 3.05) is 32.3 Å². The molecule has 0 aliphatic rings. The normalized spacial score (nSPS) is 15.0. The molecule has 13 heteroatoms. The van der Waals surface area contributed by atoms with Crippen molar-refractivity contribution in [2.24, 2.45) is 0 Å². The van der Waals surface area contributed by atoms with Crippen molar-refractivity contribution < 1.29 is 28.4 Å². The summed E-state index contributed by atoms with van der Waals surface area (Å²) < 4.78 is 34.7. The smallest absolute Gasteiger partial charge is 0.326 e. The molecule has 0 amide bonds. The second kappa shape index (κ2) is 16.2. The second-order valence-corrected chi connectivity index (χ2v) is 13.5. The Kier molecular flexibility index (Phi) is 13.7. The van der Waals surface area contributed by atoms with E-state index in [1.165, 1.54) is 4.67 Å². The van der Waals surface area contributed by atoms with Crippen LogP contribution in [-0.2, 0) is 34.9 Å². The van der Waals surface area contributed by atoms with Crippen molar-refractivity contribution in [3.63, 3.8) is 0 Å². The number of hydrogen-bond acceptors (Lipinski definition) is 9. The maximum Gasteiger partial charge on any atom is 0.326 e. The number of fused-ring (bicyclic) bond motifs is 1. The number of rotatable bonds is 19. The molecule has 0 spiro atoms. The number of nitrogen functional groups attached to an aromatic ring is 1. The molecule has 0 aliphatic carbocycles. The number of carbonyl (C=O) groups is 2. The topological polar surface area (TPSA) is 151 Å². The van der Waals surface area contributed by atoms with Crippen LogP contribution < -0.4 is 10.8 Å². The van der Waals surface area contributed by atoms with E-state index in [0.29, 0.717) is 30.0 Å². The fourth-order valence-corrected chi connectivity index (χ4v) is 6.61.